The summed E-state index contributed by atoms with van der Waals surface area (Å²) >= 11 is 0. The van der Waals surface area contributed by atoms with Crippen LogP contribution in [0.4, 0.5) is 11.4 Å². The minimum absolute atomic E-state index is 0.0418. The van der Waals surface area contributed by atoms with Crippen LogP contribution >= 0.6 is 0 Å². The van der Waals surface area contributed by atoms with Gasteiger partial charge < -0.3 is 13.9 Å². The number of unbranched alkanes of at least 4 members (excludes halogenated alkanes) is 5. The summed E-state index contributed by atoms with van der Waals surface area (Å²) < 4.78 is 17.7. The molecule has 0 aliphatic heterocycles. The molecule has 8 heteroatoms. The normalized spacial score (nSPS) is 12.4. The van der Waals surface area contributed by atoms with Crippen molar-refractivity contribution < 1.29 is 23.5 Å². The lowest BCUT2D eigenvalue weighted by Gasteiger charge is -2.30. The Morgan fingerprint density at radius 3 is 1.67 bits per heavy atom. The first kappa shape index (κ1) is 38.3. The fourth-order valence-corrected chi connectivity index (χ4v) is 7.86. The molecule has 0 heterocycles. The van der Waals surface area contributed by atoms with Gasteiger partial charge in [0.2, 0.25) is 0 Å². The molecule has 0 N–H and O–H groups in total. The van der Waals surface area contributed by atoms with Crippen molar-refractivity contribution in [1.82, 2.24) is 0 Å². The number of hydrogen-bond acceptors (Lipinski definition) is 7. The smallest absolute Gasteiger partial charge is 0.306 e. The molecule has 0 radical (unpaired) electrons. The maximum Gasteiger partial charge on any atom is 0.306 e. The average molecular weight is 639 g/mol. The van der Waals surface area contributed by atoms with Crippen LogP contribution in [-0.2, 0) is 36.3 Å². The summed E-state index contributed by atoms with van der Waals surface area (Å²) in [4.78, 5) is 25.1. The van der Waals surface area contributed by atoms with Crippen molar-refractivity contribution in [3.63, 3.8) is 0 Å². The van der Waals surface area contributed by atoms with Crippen LogP contribution < -0.4 is 0 Å². The van der Waals surface area contributed by atoms with Crippen molar-refractivity contribution in [1.29, 1.82) is 0 Å². The monoisotopic (exact) mass is 638 g/mol. The van der Waals surface area contributed by atoms with E-state index in [1.165, 1.54) is 31.2 Å². The number of benzene rings is 2. The van der Waals surface area contributed by atoms with E-state index in [2.05, 4.69) is 57.0 Å². The molecular formula is C37H58N2O5Si. The SMILES string of the molecule is CCCCCCCC(=O)OC[C@H](CO[Si](CC)(CC)CC)OC(=O)CCCc1ccc(N=Nc2ccc(CCCC)cc2)cc1. The Morgan fingerprint density at radius 2 is 1.13 bits per heavy atom. The Kier molecular flexibility index (Phi) is 19.3. The molecule has 0 amide bonds. The lowest BCUT2D eigenvalue weighted by molar-refractivity contribution is -0.161. The number of rotatable bonds is 24. The number of aryl methyl sites for hydroxylation is 2. The molecule has 2 aromatic carbocycles. The molecule has 0 saturated heterocycles. The number of nitrogens with zero attached hydrogens (tertiary/aromatic N) is 2. The number of ether oxygens (including phenoxy) is 2. The van der Waals surface area contributed by atoms with E-state index in [0.29, 0.717) is 12.8 Å². The second-order valence-electron chi connectivity index (χ2n) is 12.0. The predicted molar refractivity (Wildman–Crippen MR) is 186 cm³/mol. The van der Waals surface area contributed by atoms with Crippen molar-refractivity contribution in [2.24, 2.45) is 10.2 Å². The minimum atomic E-state index is -1.87. The molecule has 1 atom stereocenters. The molecule has 0 unspecified atom stereocenters. The van der Waals surface area contributed by atoms with Crippen molar-refractivity contribution in [3.05, 3.63) is 59.7 Å². The second kappa shape index (κ2) is 22.6. The van der Waals surface area contributed by atoms with E-state index in [4.69, 9.17) is 13.9 Å². The van der Waals surface area contributed by atoms with Gasteiger partial charge in [-0.1, -0.05) is 91.0 Å². The van der Waals surface area contributed by atoms with Gasteiger partial charge in [-0.3, -0.25) is 9.59 Å². The maximum atomic E-state index is 12.8. The van der Waals surface area contributed by atoms with E-state index < -0.39 is 14.4 Å². The van der Waals surface area contributed by atoms with Crippen molar-refractivity contribution in [2.75, 3.05) is 13.2 Å². The Balaban J connectivity index is 1.83. The molecule has 0 aliphatic carbocycles. The van der Waals surface area contributed by atoms with Gasteiger partial charge in [0.1, 0.15) is 6.61 Å². The zero-order valence-corrected chi connectivity index (χ0v) is 29.7. The summed E-state index contributed by atoms with van der Waals surface area (Å²) in [5.41, 5.74) is 4.08. The van der Waals surface area contributed by atoms with Crippen LogP contribution in [0.3, 0.4) is 0 Å². The fraction of sp³-hybridized carbons (Fsp3) is 0.622. The highest BCUT2D eigenvalue weighted by atomic mass is 28.4. The molecule has 7 nitrogen and oxygen atoms in total. The highest BCUT2D eigenvalue weighted by Gasteiger charge is 2.30. The Hall–Kier alpha value is -2.84. The molecule has 0 spiro atoms. The average Bonchev–Trinajstić information content (AvgIpc) is 3.07. The minimum Gasteiger partial charge on any atom is -0.462 e. The van der Waals surface area contributed by atoms with Gasteiger partial charge in [0, 0.05) is 12.8 Å². The summed E-state index contributed by atoms with van der Waals surface area (Å²) in [5.74, 6) is -0.525. The van der Waals surface area contributed by atoms with E-state index in [9.17, 15) is 9.59 Å². The molecule has 0 aliphatic rings. The summed E-state index contributed by atoms with van der Waals surface area (Å²) in [5, 5.41) is 8.73. The van der Waals surface area contributed by atoms with Crippen LogP contribution in [-0.4, -0.2) is 39.6 Å². The van der Waals surface area contributed by atoms with Crippen molar-refractivity contribution in [3.8, 4) is 0 Å². The first-order valence-corrected chi connectivity index (χ1v) is 20.0. The molecule has 2 rings (SSSR count). The molecule has 45 heavy (non-hydrogen) atoms. The molecule has 0 saturated carbocycles. The number of carbonyl (C=O) groups excluding carboxylic acids is 2. The summed E-state index contributed by atoms with van der Waals surface area (Å²) in [6.45, 7) is 11.2. The molecular weight excluding hydrogens is 581 g/mol. The van der Waals surface area contributed by atoms with E-state index >= 15 is 0 Å². The Morgan fingerprint density at radius 1 is 0.622 bits per heavy atom. The third-order valence-corrected chi connectivity index (χ3v) is 13.2. The lowest BCUT2D eigenvalue weighted by Crippen LogP contribution is -2.40. The van der Waals surface area contributed by atoms with Gasteiger partial charge in [-0.05, 0) is 85.6 Å². The largest absolute Gasteiger partial charge is 0.462 e. The van der Waals surface area contributed by atoms with Gasteiger partial charge in [0.25, 0.3) is 0 Å². The number of carbonyl (C=O) groups is 2. The van der Waals surface area contributed by atoms with Gasteiger partial charge in [0.05, 0.1) is 18.0 Å². The van der Waals surface area contributed by atoms with Gasteiger partial charge >= 0.3 is 11.9 Å². The summed E-state index contributed by atoms with van der Waals surface area (Å²) in [7, 11) is -1.87. The van der Waals surface area contributed by atoms with Gasteiger partial charge in [0.15, 0.2) is 14.4 Å². The van der Waals surface area contributed by atoms with Crippen LogP contribution in [0.25, 0.3) is 0 Å². The lowest BCUT2D eigenvalue weighted by atomic mass is 10.1. The van der Waals surface area contributed by atoms with Gasteiger partial charge in [-0.2, -0.15) is 10.2 Å². The van der Waals surface area contributed by atoms with Gasteiger partial charge in [-0.25, -0.2) is 0 Å². The van der Waals surface area contributed by atoms with Gasteiger partial charge in [-0.15, -0.1) is 0 Å². The third-order valence-electron chi connectivity index (χ3n) is 8.54. The summed E-state index contributed by atoms with van der Waals surface area (Å²) in [6.07, 6.45) is 10.3. The van der Waals surface area contributed by atoms with Crippen LogP contribution in [0.1, 0.15) is 110 Å². The summed E-state index contributed by atoms with van der Waals surface area (Å²) in [6, 6.07) is 19.2. The maximum absolute atomic E-state index is 12.8. The fourth-order valence-electron chi connectivity index (χ4n) is 5.21. The first-order chi connectivity index (χ1) is 21.9. The second-order valence-corrected chi connectivity index (χ2v) is 16.8. The zero-order chi connectivity index (χ0) is 32.8. The van der Waals surface area contributed by atoms with Crippen molar-refractivity contribution >= 4 is 31.6 Å². The van der Waals surface area contributed by atoms with E-state index in [1.54, 1.807) is 0 Å². The zero-order valence-electron chi connectivity index (χ0n) is 28.7. The highest BCUT2D eigenvalue weighted by Crippen LogP contribution is 2.23. The van der Waals surface area contributed by atoms with E-state index in [-0.39, 0.29) is 31.6 Å². The number of azo groups is 1. The standard InChI is InChI=1S/C37H58N2O5Si/c1-6-11-13-14-15-19-36(40)42-29-35(30-43-45(8-3,9-4)10-5)44-37(41)20-16-18-32-23-27-34(28-24-32)39-38-33-25-21-31(22-26-33)17-12-7-2/h21-28,35H,6-20,29-30H2,1-5H3/t35-/m1/s1. The van der Waals surface area contributed by atoms with Crippen LogP contribution in [0.5, 0.6) is 0 Å². The molecule has 0 bridgehead atoms. The van der Waals surface area contributed by atoms with Crippen LogP contribution in [0, 0.1) is 0 Å². The molecule has 250 valence electrons. The molecule has 2 aromatic rings. The number of hydrogen-bond donors (Lipinski definition) is 0. The predicted octanol–water partition coefficient (Wildman–Crippen LogP) is 10.6. The van der Waals surface area contributed by atoms with Crippen molar-refractivity contribution in [2.45, 2.75) is 136 Å². The third kappa shape index (κ3) is 15.8. The van der Waals surface area contributed by atoms with E-state index in [1.807, 2.05) is 36.4 Å². The quantitative estimate of drug-likeness (QED) is 0.0494. The Bertz CT molecular complexity index is 1110. The topological polar surface area (TPSA) is 86.5 Å². The molecule has 0 fully saturated rings. The van der Waals surface area contributed by atoms with Crippen LogP contribution in [0.2, 0.25) is 18.1 Å². The Labute approximate surface area is 273 Å². The van der Waals surface area contributed by atoms with Crippen LogP contribution in [0.15, 0.2) is 58.8 Å². The molecule has 0 aromatic heterocycles. The van der Waals surface area contributed by atoms with E-state index in [0.717, 1.165) is 67.2 Å². The number of esters is 2. The first-order valence-electron chi connectivity index (χ1n) is 17.5. The highest BCUT2D eigenvalue weighted by molar-refractivity contribution is 6.73.